The van der Waals surface area contributed by atoms with E-state index in [-0.39, 0.29) is 12.2 Å². The van der Waals surface area contributed by atoms with E-state index in [2.05, 4.69) is 15.1 Å². The monoisotopic (exact) mass is 414 g/mol. The van der Waals surface area contributed by atoms with Crippen LogP contribution in [0.25, 0.3) is 5.78 Å². The molecule has 0 spiro atoms. The first-order chi connectivity index (χ1) is 15.0. The molecule has 31 heavy (non-hydrogen) atoms. The fourth-order valence-corrected chi connectivity index (χ4v) is 3.59. The largest absolute Gasteiger partial charge is 0.449 e. The van der Waals surface area contributed by atoms with Crippen molar-refractivity contribution in [1.82, 2.24) is 19.6 Å². The van der Waals surface area contributed by atoms with Gasteiger partial charge in [-0.2, -0.15) is 10.1 Å². The summed E-state index contributed by atoms with van der Waals surface area (Å²) in [5.74, 6) is -0.173. The van der Waals surface area contributed by atoms with Crippen molar-refractivity contribution in [2.24, 2.45) is 0 Å². The molecule has 2 heterocycles. The molecule has 0 bridgehead atoms. The summed E-state index contributed by atoms with van der Waals surface area (Å²) in [6.45, 7) is 3.80. The zero-order valence-corrected chi connectivity index (χ0v) is 17.4. The van der Waals surface area contributed by atoms with Crippen LogP contribution in [0.1, 0.15) is 45.4 Å². The number of benzene rings is 2. The number of ketones is 1. The summed E-state index contributed by atoms with van der Waals surface area (Å²) in [6, 6.07) is 17.9. The standard InChI is InChI=1S/C24H22N4O3/c1-16-20(17(2)28-24(27-16)25-15-26-28)13-14-21(29)31-23(19-11-7-4-8-12-19)22(30)18-9-5-3-6-10-18/h3-12,15,23H,13-14H2,1-2H3. The van der Waals surface area contributed by atoms with E-state index < -0.39 is 12.1 Å². The molecule has 0 radical (unpaired) electrons. The van der Waals surface area contributed by atoms with Gasteiger partial charge in [-0.05, 0) is 25.8 Å². The molecule has 0 saturated carbocycles. The molecule has 0 aliphatic carbocycles. The van der Waals surface area contributed by atoms with Crippen LogP contribution in [0, 0.1) is 13.8 Å². The third-order valence-electron chi connectivity index (χ3n) is 5.22. The molecular formula is C24H22N4O3. The van der Waals surface area contributed by atoms with Crippen LogP contribution in [-0.2, 0) is 16.0 Å². The van der Waals surface area contributed by atoms with Crippen LogP contribution in [0.2, 0.25) is 0 Å². The Balaban J connectivity index is 1.52. The maximum Gasteiger partial charge on any atom is 0.307 e. The molecule has 2 aromatic heterocycles. The van der Waals surface area contributed by atoms with Gasteiger partial charge in [0.25, 0.3) is 5.78 Å². The van der Waals surface area contributed by atoms with E-state index in [9.17, 15) is 9.59 Å². The normalized spacial score (nSPS) is 11.9. The summed E-state index contributed by atoms with van der Waals surface area (Å²) in [4.78, 5) is 34.4. The number of hydrogen-bond donors (Lipinski definition) is 0. The van der Waals surface area contributed by atoms with E-state index in [1.165, 1.54) is 6.33 Å². The maximum atomic E-state index is 13.1. The minimum atomic E-state index is -0.991. The molecule has 1 unspecified atom stereocenters. The van der Waals surface area contributed by atoms with Crippen molar-refractivity contribution >= 4 is 17.5 Å². The zero-order chi connectivity index (χ0) is 21.8. The number of nitrogens with zero attached hydrogens (tertiary/aromatic N) is 4. The van der Waals surface area contributed by atoms with Crippen molar-refractivity contribution in [1.29, 1.82) is 0 Å². The summed E-state index contributed by atoms with van der Waals surface area (Å²) >= 11 is 0. The minimum absolute atomic E-state index is 0.120. The van der Waals surface area contributed by atoms with Crippen LogP contribution in [-0.4, -0.2) is 31.3 Å². The molecule has 156 valence electrons. The number of esters is 1. The maximum absolute atomic E-state index is 13.1. The topological polar surface area (TPSA) is 86.4 Å². The molecule has 0 aliphatic rings. The lowest BCUT2D eigenvalue weighted by Crippen LogP contribution is -2.20. The fraction of sp³-hybridized carbons (Fsp3) is 0.208. The van der Waals surface area contributed by atoms with Gasteiger partial charge in [-0.1, -0.05) is 60.7 Å². The Hall–Kier alpha value is -3.87. The Kier molecular flexibility index (Phi) is 5.84. The Labute approximate surface area is 179 Å². The molecule has 0 fully saturated rings. The summed E-state index contributed by atoms with van der Waals surface area (Å²) in [6.07, 6.45) is 1.01. The molecule has 1 atom stereocenters. The molecule has 7 heteroatoms. The van der Waals surface area contributed by atoms with Gasteiger partial charge in [0.15, 0.2) is 6.10 Å². The first-order valence-electron chi connectivity index (χ1n) is 10.0. The lowest BCUT2D eigenvalue weighted by molar-refractivity contribution is -0.147. The van der Waals surface area contributed by atoms with Gasteiger partial charge in [0.05, 0.1) is 0 Å². The minimum Gasteiger partial charge on any atom is -0.449 e. The van der Waals surface area contributed by atoms with Crippen molar-refractivity contribution in [3.8, 4) is 0 Å². The van der Waals surface area contributed by atoms with Gasteiger partial charge in [-0.3, -0.25) is 9.59 Å². The van der Waals surface area contributed by atoms with E-state index in [0.717, 1.165) is 17.0 Å². The Morgan fingerprint density at radius 1 is 1.00 bits per heavy atom. The fourth-order valence-electron chi connectivity index (χ4n) is 3.59. The van der Waals surface area contributed by atoms with Crippen LogP contribution >= 0.6 is 0 Å². The van der Waals surface area contributed by atoms with Crippen molar-refractivity contribution in [3.63, 3.8) is 0 Å². The number of carbonyl (C=O) groups is 2. The summed E-state index contributed by atoms with van der Waals surface area (Å²) < 4.78 is 7.34. The summed E-state index contributed by atoms with van der Waals surface area (Å²) in [5, 5.41) is 4.17. The van der Waals surface area contributed by atoms with E-state index in [4.69, 9.17) is 4.74 Å². The van der Waals surface area contributed by atoms with Gasteiger partial charge in [0, 0.05) is 28.9 Å². The van der Waals surface area contributed by atoms with Crippen molar-refractivity contribution < 1.29 is 14.3 Å². The lowest BCUT2D eigenvalue weighted by Gasteiger charge is -2.18. The van der Waals surface area contributed by atoms with Gasteiger partial charge in [0.2, 0.25) is 5.78 Å². The number of rotatable bonds is 7. The second-order valence-electron chi connectivity index (χ2n) is 7.24. The quantitative estimate of drug-likeness (QED) is 0.337. The van der Waals surface area contributed by atoms with Crippen LogP contribution in [0.3, 0.4) is 0 Å². The van der Waals surface area contributed by atoms with Gasteiger partial charge in [-0.15, -0.1) is 0 Å². The Bertz CT molecular complexity index is 1220. The van der Waals surface area contributed by atoms with E-state index >= 15 is 0 Å². The number of aryl methyl sites for hydroxylation is 2. The molecule has 0 aliphatic heterocycles. The van der Waals surface area contributed by atoms with Crippen molar-refractivity contribution in [2.45, 2.75) is 32.8 Å². The first kappa shape index (κ1) is 20.4. The number of fused-ring (bicyclic) bond motifs is 1. The molecule has 4 aromatic rings. The average Bonchev–Trinajstić information content (AvgIpc) is 3.26. The predicted octanol–water partition coefficient (Wildman–Crippen LogP) is 3.84. The van der Waals surface area contributed by atoms with Gasteiger partial charge in [-0.25, -0.2) is 9.50 Å². The molecule has 7 nitrogen and oxygen atoms in total. The number of Topliss-reactive ketones (excluding diaryl/α,β-unsaturated/α-hetero) is 1. The number of aromatic nitrogens is 4. The van der Waals surface area contributed by atoms with Gasteiger partial charge in [0.1, 0.15) is 6.33 Å². The molecular weight excluding hydrogens is 392 g/mol. The number of carbonyl (C=O) groups excluding carboxylic acids is 2. The van der Waals surface area contributed by atoms with E-state index in [0.29, 0.717) is 23.3 Å². The van der Waals surface area contributed by atoms with Crippen LogP contribution in [0.4, 0.5) is 0 Å². The Morgan fingerprint density at radius 2 is 1.68 bits per heavy atom. The molecule has 4 rings (SSSR count). The van der Waals surface area contributed by atoms with Crippen LogP contribution < -0.4 is 0 Å². The van der Waals surface area contributed by atoms with E-state index in [1.54, 1.807) is 40.9 Å². The molecule has 0 amide bonds. The zero-order valence-electron chi connectivity index (χ0n) is 17.4. The second-order valence-corrected chi connectivity index (χ2v) is 7.24. The van der Waals surface area contributed by atoms with E-state index in [1.807, 2.05) is 38.1 Å². The first-order valence-corrected chi connectivity index (χ1v) is 10.0. The smallest absolute Gasteiger partial charge is 0.307 e. The SMILES string of the molecule is Cc1nc2ncnn2c(C)c1CCC(=O)OC(C(=O)c1ccccc1)c1ccccc1. The highest BCUT2D eigenvalue weighted by Crippen LogP contribution is 2.24. The average molecular weight is 414 g/mol. The van der Waals surface area contributed by atoms with Gasteiger partial charge < -0.3 is 4.74 Å². The van der Waals surface area contributed by atoms with Crippen molar-refractivity contribution in [2.75, 3.05) is 0 Å². The van der Waals surface area contributed by atoms with Crippen molar-refractivity contribution in [3.05, 3.63) is 95.1 Å². The summed E-state index contributed by atoms with van der Waals surface area (Å²) in [7, 11) is 0. The number of hydrogen-bond acceptors (Lipinski definition) is 6. The third kappa shape index (κ3) is 4.35. The second kappa shape index (κ2) is 8.87. The third-order valence-corrected chi connectivity index (χ3v) is 5.22. The van der Waals surface area contributed by atoms with Gasteiger partial charge >= 0.3 is 5.97 Å². The Morgan fingerprint density at radius 3 is 2.39 bits per heavy atom. The highest BCUT2D eigenvalue weighted by Gasteiger charge is 2.26. The highest BCUT2D eigenvalue weighted by atomic mass is 16.5. The highest BCUT2D eigenvalue weighted by molar-refractivity contribution is 6.01. The summed E-state index contributed by atoms with van der Waals surface area (Å²) in [5.41, 5.74) is 3.73. The number of ether oxygens (including phenoxy) is 1. The van der Waals surface area contributed by atoms with Crippen LogP contribution in [0.15, 0.2) is 67.0 Å². The molecule has 2 aromatic carbocycles. The van der Waals surface area contributed by atoms with Crippen LogP contribution in [0.5, 0.6) is 0 Å². The predicted molar refractivity (Wildman–Crippen MR) is 115 cm³/mol. The molecule has 0 saturated heterocycles. The molecule has 0 N–H and O–H groups in total. The lowest BCUT2D eigenvalue weighted by atomic mass is 9.99.